The fourth-order valence-corrected chi connectivity index (χ4v) is 3.70. The highest BCUT2D eigenvalue weighted by molar-refractivity contribution is 9.10. The predicted octanol–water partition coefficient (Wildman–Crippen LogP) is 3.30. The van der Waals surface area contributed by atoms with Gasteiger partial charge in [0, 0.05) is 22.6 Å². The lowest BCUT2D eigenvalue weighted by Crippen LogP contribution is -2.38. The van der Waals surface area contributed by atoms with E-state index in [0.29, 0.717) is 18.1 Å². The van der Waals surface area contributed by atoms with Crippen LogP contribution in [0.5, 0.6) is 0 Å². The smallest absolute Gasteiger partial charge is 0.0328 e. The van der Waals surface area contributed by atoms with Gasteiger partial charge in [0.15, 0.2) is 0 Å². The van der Waals surface area contributed by atoms with Gasteiger partial charge in [-0.1, -0.05) is 22.0 Å². The van der Waals surface area contributed by atoms with E-state index >= 15 is 0 Å². The first kappa shape index (κ1) is 12.6. The van der Waals surface area contributed by atoms with Crippen molar-refractivity contribution in [2.75, 3.05) is 0 Å². The fourth-order valence-electron chi connectivity index (χ4n) is 3.32. The molecule has 2 aliphatic rings. The number of rotatable bonds is 2. The summed E-state index contributed by atoms with van der Waals surface area (Å²) in [5, 5.41) is 3.85. The van der Waals surface area contributed by atoms with E-state index in [1.165, 1.54) is 54.1 Å². The normalized spacial score (nSPS) is 31.3. The lowest BCUT2D eigenvalue weighted by Gasteiger charge is -2.29. The Kier molecular flexibility index (Phi) is 3.73. The van der Waals surface area contributed by atoms with Gasteiger partial charge in [-0.05, 0) is 61.8 Å². The van der Waals surface area contributed by atoms with Crippen LogP contribution in [0, 0.1) is 0 Å². The second-order valence-corrected chi connectivity index (χ2v) is 6.63. The number of halogens is 1. The van der Waals surface area contributed by atoms with Crippen molar-refractivity contribution >= 4 is 15.9 Å². The zero-order chi connectivity index (χ0) is 12.5. The van der Waals surface area contributed by atoms with E-state index in [1.54, 1.807) is 0 Å². The fraction of sp³-hybridized carbons (Fsp3) is 0.600. The molecule has 0 saturated heterocycles. The number of nitrogens with two attached hydrogens (primary N) is 1. The molecule has 3 N–H and O–H groups in total. The minimum Gasteiger partial charge on any atom is -0.328 e. The molecule has 0 spiro atoms. The van der Waals surface area contributed by atoms with E-state index in [2.05, 4.69) is 39.4 Å². The van der Waals surface area contributed by atoms with Crippen molar-refractivity contribution < 1.29 is 0 Å². The summed E-state index contributed by atoms with van der Waals surface area (Å²) >= 11 is 3.58. The number of hydrogen-bond donors (Lipinski definition) is 2. The zero-order valence-electron chi connectivity index (χ0n) is 10.7. The van der Waals surface area contributed by atoms with Gasteiger partial charge in [0.2, 0.25) is 0 Å². The molecular formula is C15H21BrN2. The van der Waals surface area contributed by atoms with Crippen molar-refractivity contribution in [3.8, 4) is 0 Å². The van der Waals surface area contributed by atoms with Crippen molar-refractivity contribution in [2.45, 2.75) is 56.7 Å². The van der Waals surface area contributed by atoms with Crippen molar-refractivity contribution in [3.63, 3.8) is 0 Å². The second kappa shape index (κ2) is 5.32. The van der Waals surface area contributed by atoms with Gasteiger partial charge in [-0.25, -0.2) is 0 Å². The summed E-state index contributed by atoms with van der Waals surface area (Å²) in [5.74, 6) is 0. The maximum absolute atomic E-state index is 5.97. The molecule has 0 bridgehead atoms. The van der Waals surface area contributed by atoms with Crippen LogP contribution < -0.4 is 11.1 Å². The monoisotopic (exact) mass is 308 g/mol. The molecule has 2 aliphatic carbocycles. The molecule has 1 atom stereocenters. The van der Waals surface area contributed by atoms with Crippen LogP contribution in [0.25, 0.3) is 0 Å². The van der Waals surface area contributed by atoms with E-state index < -0.39 is 0 Å². The highest BCUT2D eigenvalue weighted by Crippen LogP contribution is 2.34. The minimum absolute atomic E-state index is 0.438. The minimum atomic E-state index is 0.438. The van der Waals surface area contributed by atoms with Crippen LogP contribution in [0.3, 0.4) is 0 Å². The Hall–Kier alpha value is -0.380. The Bertz CT molecular complexity index is 425. The summed E-state index contributed by atoms with van der Waals surface area (Å²) in [7, 11) is 0. The summed E-state index contributed by atoms with van der Waals surface area (Å²) in [6, 6.07) is 8.36. The number of nitrogens with one attached hydrogen (secondary N) is 1. The molecular weight excluding hydrogens is 288 g/mol. The molecule has 1 fully saturated rings. The zero-order valence-corrected chi connectivity index (χ0v) is 12.2. The molecule has 0 aromatic heterocycles. The molecule has 98 valence electrons. The molecule has 1 aromatic rings. The van der Waals surface area contributed by atoms with E-state index in [1.807, 2.05) is 0 Å². The summed E-state index contributed by atoms with van der Waals surface area (Å²) < 4.78 is 1.20. The quantitative estimate of drug-likeness (QED) is 0.880. The highest BCUT2D eigenvalue weighted by Gasteiger charge is 2.26. The third-order valence-electron chi connectivity index (χ3n) is 4.39. The molecule has 2 nitrogen and oxygen atoms in total. The SMILES string of the molecule is NC1CCC(NC2CCc3ccc(Br)cc32)CC1. The van der Waals surface area contributed by atoms with Crippen LogP contribution in [-0.4, -0.2) is 12.1 Å². The van der Waals surface area contributed by atoms with Crippen molar-refractivity contribution in [3.05, 3.63) is 33.8 Å². The Morgan fingerprint density at radius 2 is 1.89 bits per heavy atom. The van der Waals surface area contributed by atoms with Gasteiger partial charge < -0.3 is 11.1 Å². The molecule has 1 unspecified atom stereocenters. The van der Waals surface area contributed by atoms with Crippen molar-refractivity contribution in [1.82, 2.24) is 5.32 Å². The Morgan fingerprint density at radius 3 is 2.67 bits per heavy atom. The van der Waals surface area contributed by atoms with Crippen molar-refractivity contribution in [1.29, 1.82) is 0 Å². The first-order valence-corrected chi connectivity index (χ1v) is 7.81. The van der Waals surface area contributed by atoms with Gasteiger partial charge in [0.25, 0.3) is 0 Å². The van der Waals surface area contributed by atoms with Crippen molar-refractivity contribution in [2.24, 2.45) is 5.73 Å². The standard InChI is InChI=1S/C15H21BrN2/c16-11-3-1-10-2-8-15(14(10)9-11)18-13-6-4-12(17)5-7-13/h1,3,9,12-13,15,18H,2,4-8,17H2. The van der Waals surface area contributed by atoms with Crippen LogP contribution in [-0.2, 0) is 6.42 Å². The molecule has 0 heterocycles. The van der Waals surface area contributed by atoms with Gasteiger partial charge in [-0.2, -0.15) is 0 Å². The Labute approximate surface area is 117 Å². The largest absolute Gasteiger partial charge is 0.328 e. The summed E-state index contributed by atoms with van der Waals surface area (Å²) in [6.45, 7) is 0. The average Bonchev–Trinajstić information content (AvgIpc) is 2.75. The van der Waals surface area contributed by atoms with Gasteiger partial charge in [0.1, 0.15) is 0 Å². The highest BCUT2D eigenvalue weighted by atomic mass is 79.9. The van der Waals surface area contributed by atoms with E-state index in [9.17, 15) is 0 Å². The summed E-state index contributed by atoms with van der Waals surface area (Å²) in [4.78, 5) is 0. The number of benzene rings is 1. The maximum atomic E-state index is 5.97. The lowest BCUT2D eigenvalue weighted by atomic mass is 9.91. The Morgan fingerprint density at radius 1 is 1.11 bits per heavy atom. The van der Waals surface area contributed by atoms with Crippen LogP contribution in [0.2, 0.25) is 0 Å². The molecule has 1 aromatic carbocycles. The van der Waals surface area contributed by atoms with Crippen LogP contribution in [0.4, 0.5) is 0 Å². The molecule has 0 radical (unpaired) electrons. The summed E-state index contributed by atoms with van der Waals surface area (Å²) in [5.41, 5.74) is 8.98. The molecule has 0 amide bonds. The van der Waals surface area contributed by atoms with Crippen LogP contribution in [0.1, 0.15) is 49.3 Å². The first-order valence-electron chi connectivity index (χ1n) is 7.02. The lowest BCUT2D eigenvalue weighted by molar-refractivity contribution is 0.315. The molecule has 0 aliphatic heterocycles. The third kappa shape index (κ3) is 2.63. The van der Waals surface area contributed by atoms with Gasteiger partial charge in [0.05, 0.1) is 0 Å². The number of fused-ring (bicyclic) bond motifs is 1. The second-order valence-electron chi connectivity index (χ2n) is 5.71. The topological polar surface area (TPSA) is 38.0 Å². The number of aryl methyl sites for hydroxylation is 1. The molecule has 3 heteroatoms. The van der Waals surface area contributed by atoms with Gasteiger partial charge in [-0.3, -0.25) is 0 Å². The van der Waals surface area contributed by atoms with E-state index in [4.69, 9.17) is 5.73 Å². The van der Waals surface area contributed by atoms with E-state index in [0.717, 1.165) is 0 Å². The molecule has 18 heavy (non-hydrogen) atoms. The summed E-state index contributed by atoms with van der Waals surface area (Å²) in [6.07, 6.45) is 7.29. The maximum Gasteiger partial charge on any atom is 0.0328 e. The van der Waals surface area contributed by atoms with Gasteiger partial charge in [-0.15, -0.1) is 0 Å². The first-order chi connectivity index (χ1) is 8.72. The predicted molar refractivity (Wildman–Crippen MR) is 78.6 cm³/mol. The van der Waals surface area contributed by atoms with Crippen LogP contribution >= 0.6 is 15.9 Å². The Balaban J connectivity index is 1.67. The van der Waals surface area contributed by atoms with Gasteiger partial charge >= 0.3 is 0 Å². The number of hydrogen-bond acceptors (Lipinski definition) is 2. The molecule has 1 saturated carbocycles. The molecule has 3 rings (SSSR count). The average molecular weight is 309 g/mol. The third-order valence-corrected chi connectivity index (χ3v) is 4.89. The van der Waals surface area contributed by atoms with Crippen LogP contribution in [0.15, 0.2) is 22.7 Å². The van der Waals surface area contributed by atoms with E-state index in [-0.39, 0.29) is 0 Å².